The Balaban J connectivity index is 3.52. The van der Waals surface area contributed by atoms with Crippen molar-refractivity contribution in [2.45, 2.75) is 17.2 Å². The normalized spacial score (nSPS) is 12.9. The van der Waals surface area contributed by atoms with Crippen LogP contribution in [0.25, 0.3) is 0 Å². The van der Waals surface area contributed by atoms with Crippen molar-refractivity contribution < 1.29 is 39.3 Å². The molecule has 0 saturated carbocycles. The Morgan fingerprint density at radius 1 is 0.955 bits per heavy atom. The highest BCUT2D eigenvalue weighted by Crippen LogP contribution is 2.37. The summed E-state index contributed by atoms with van der Waals surface area (Å²) in [7, 11) is -1.74. The highest BCUT2D eigenvalue weighted by molar-refractivity contribution is 7.90. The zero-order valence-corrected chi connectivity index (χ0v) is 12.1. The number of benzene rings is 1. The first-order valence-electron chi connectivity index (χ1n) is 5.55. The Labute approximate surface area is 122 Å². The van der Waals surface area contributed by atoms with E-state index in [2.05, 4.69) is 0 Å². The third-order valence-corrected chi connectivity index (χ3v) is 3.61. The van der Waals surface area contributed by atoms with Gasteiger partial charge in [0.05, 0.1) is 25.2 Å². The Morgan fingerprint density at radius 3 is 1.68 bits per heavy atom. The lowest BCUT2D eigenvalue weighted by Gasteiger charge is -2.13. The lowest BCUT2D eigenvalue weighted by atomic mass is 10.1. The first-order chi connectivity index (χ1) is 9.73. The van der Waals surface area contributed by atoms with E-state index in [4.69, 9.17) is 0 Å². The first kappa shape index (κ1) is 18.3. The van der Waals surface area contributed by atoms with Crippen molar-refractivity contribution in [2.75, 3.05) is 14.1 Å². The van der Waals surface area contributed by atoms with E-state index in [1.165, 1.54) is 18.7 Å². The monoisotopic (exact) mass is 349 g/mol. The topological polar surface area (TPSA) is 49.2 Å². The van der Waals surface area contributed by atoms with Crippen molar-refractivity contribution in [3.63, 3.8) is 0 Å². The molecule has 0 aliphatic carbocycles. The van der Waals surface area contributed by atoms with E-state index < -0.39 is 38.4 Å². The van der Waals surface area contributed by atoms with E-state index in [-0.39, 0.29) is 18.2 Å². The van der Waals surface area contributed by atoms with Crippen LogP contribution < -0.4 is 4.72 Å². The molecule has 124 valence electrons. The van der Waals surface area contributed by atoms with E-state index in [0.717, 1.165) is 6.34 Å². The molecule has 0 saturated heterocycles. The highest BCUT2D eigenvalue weighted by atomic mass is 32.2. The maximum absolute atomic E-state index is 12.6. The molecule has 1 aromatic rings. The first-order valence-corrected chi connectivity index (χ1v) is 7.03. The molecule has 0 aliphatic rings. The minimum Gasteiger partial charge on any atom is -0.273 e. The van der Waals surface area contributed by atoms with Gasteiger partial charge in [-0.1, -0.05) is 0 Å². The summed E-state index contributed by atoms with van der Waals surface area (Å²) >= 11 is 0. The van der Waals surface area contributed by atoms with Crippen LogP contribution in [0.15, 0.2) is 23.1 Å². The number of nitrogens with one attached hydrogen (secondary N) is 1. The molecule has 1 rings (SSSR count). The number of hydrogen-bond donors (Lipinski definition) is 1. The molecule has 0 radical (unpaired) electrons. The molecule has 1 aromatic carbocycles. The lowest BCUT2D eigenvalue weighted by molar-refractivity contribution is -0.460. The third-order valence-electron chi connectivity index (χ3n) is 2.34. The van der Waals surface area contributed by atoms with Gasteiger partial charge in [-0.15, -0.1) is 0 Å². The summed E-state index contributed by atoms with van der Waals surface area (Å²) in [5, 5.41) is 0. The van der Waals surface area contributed by atoms with Crippen LogP contribution in [-0.4, -0.2) is 33.4 Å². The van der Waals surface area contributed by atoms with Gasteiger partial charge in [0.15, 0.2) is 0 Å². The van der Waals surface area contributed by atoms with E-state index >= 15 is 0 Å². The Morgan fingerprint density at radius 2 is 1.36 bits per heavy atom. The Bertz CT molecular complexity index is 655. The highest BCUT2D eigenvalue weighted by Gasteiger charge is 2.38. The number of rotatable bonds is 3. The molecule has 1 N–H and O–H groups in total. The van der Waals surface area contributed by atoms with Gasteiger partial charge in [0.25, 0.3) is 0 Å². The fourth-order valence-corrected chi connectivity index (χ4v) is 2.37. The molecule has 0 amide bonds. The molecule has 0 atom stereocenters. The minimum absolute atomic E-state index is 0.140. The second-order valence-corrected chi connectivity index (χ2v) is 6.17. The zero-order chi connectivity index (χ0) is 17.3. The molecule has 0 bridgehead atoms. The van der Waals surface area contributed by atoms with Crippen molar-refractivity contribution in [1.82, 2.24) is 4.72 Å². The number of halogens is 6. The average molecular weight is 349 g/mol. The lowest BCUT2D eigenvalue weighted by Crippen LogP contribution is -2.26. The van der Waals surface area contributed by atoms with E-state index in [0.29, 0.717) is 0 Å². The van der Waals surface area contributed by atoms with Gasteiger partial charge in [-0.2, -0.15) is 39.5 Å². The van der Waals surface area contributed by atoms with Crippen LogP contribution >= 0.6 is 0 Å². The van der Waals surface area contributed by atoms with Crippen LogP contribution in [0.2, 0.25) is 0 Å². The van der Waals surface area contributed by atoms with Gasteiger partial charge in [0.1, 0.15) is 4.90 Å². The van der Waals surface area contributed by atoms with Gasteiger partial charge in [-0.3, -0.25) is 4.58 Å². The SMILES string of the molecule is C[N+](C)=CNS(=O)(=O)c1cc(C(F)(F)F)cc(C(F)(F)F)c1. The molecule has 0 aromatic heterocycles. The molecule has 22 heavy (non-hydrogen) atoms. The summed E-state index contributed by atoms with van der Waals surface area (Å²) < 4.78 is 102. The van der Waals surface area contributed by atoms with Crippen LogP contribution in [-0.2, 0) is 22.4 Å². The van der Waals surface area contributed by atoms with Crippen LogP contribution in [0.5, 0.6) is 0 Å². The molecule has 4 nitrogen and oxygen atoms in total. The maximum Gasteiger partial charge on any atom is 0.416 e. The Hall–Kier alpha value is -1.78. The maximum atomic E-state index is 12.6. The molecule has 11 heteroatoms. The fourth-order valence-electron chi connectivity index (χ4n) is 1.32. The zero-order valence-electron chi connectivity index (χ0n) is 11.2. The van der Waals surface area contributed by atoms with Gasteiger partial charge >= 0.3 is 22.4 Å². The molecule has 0 fully saturated rings. The van der Waals surface area contributed by atoms with Gasteiger partial charge in [0.2, 0.25) is 6.34 Å². The number of nitrogens with zero attached hydrogens (tertiary/aromatic N) is 1. The molecular formula is C11H11F6N2O2S+. The number of alkyl halides is 6. The molecule has 0 aliphatic heterocycles. The second-order valence-electron chi connectivity index (χ2n) is 4.46. The summed E-state index contributed by atoms with van der Waals surface area (Å²) in [5.74, 6) is 0. The van der Waals surface area contributed by atoms with Gasteiger partial charge in [0, 0.05) is 0 Å². The van der Waals surface area contributed by atoms with Gasteiger partial charge in [-0.05, 0) is 18.2 Å². The second kappa shape index (κ2) is 5.78. The van der Waals surface area contributed by atoms with Crippen LogP contribution in [0.1, 0.15) is 11.1 Å². The van der Waals surface area contributed by atoms with Crippen molar-refractivity contribution in [3.8, 4) is 0 Å². The standard InChI is InChI=1S/C11H10F6N2O2S/c1-19(2)6-18-22(20,21)9-4-7(10(12,13)14)3-8(5-9)11(15,16)17/h3-6H,1-2H3/p+1. The summed E-state index contributed by atoms with van der Waals surface area (Å²) in [6.07, 6.45) is -9.35. The van der Waals surface area contributed by atoms with Crippen molar-refractivity contribution >= 4 is 16.4 Å². The largest absolute Gasteiger partial charge is 0.416 e. The minimum atomic E-state index is -5.11. The average Bonchev–Trinajstić information content (AvgIpc) is 2.34. The summed E-state index contributed by atoms with van der Waals surface area (Å²) in [6.45, 7) is 0. The molecule has 0 unspecified atom stereocenters. The van der Waals surface area contributed by atoms with Crippen LogP contribution in [0.4, 0.5) is 26.3 Å². The van der Waals surface area contributed by atoms with Crippen LogP contribution in [0.3, 0.4) is 0 Å². The summed E-state index contributed by atoms with van der Waals surface area (Å²) in [6, 6.07) is 0.136. The van der Waals surface area contributed by atoms with E-state index in [1.54, 1.807) is 4.72 Å². The quantitative estimate of drug-likeness (QED) is 0.394. The third kappa shape index (κ3) is 4.61. The Kier molecular flexibility index (Phi) is 4.80. The smallest absolute Gasteiger partial charge is 0.273 e. The predicted octanol–water partition coefficient (Wildman–Crippen LogP) is 2.30. The number of sulfonamides is 1. The summed E-state index contributed by atoms with van der Waals surface area (Å²) in [5.41, 5.74) is -3.40. The van der Waals surface area contributed by atoms with Crippen LogP contribution in [0, 0.1) is 0 Å². The van der Waals surface area contributed by atoms with E-state index in [9.17, 15) is 34.8 Å². The van der Waals surface area contributed by atoms with Gasteiger partial charge < -0.3 is 0 Å². The molecule has 0 heterocycles. The number of hydrogen-bond acceptors (Lipinski definition) is 2. The molecule has 0 spiro atoms. The molecular weight excluding hydrogens is 338 g/mol. The summed E-state index contributed by atoms with van der Waals surface area (Å²) in [4.78, 5) is -1.13. The van der Waals surface area contributed by atoms with E-state index in [1.807, 2.05) is 0 Å². The van der Waals surface area contributed by atoms with Gasteiger partial charge in [-0.25, -0.2) is 0 Å². The van der Waals surface area contributed by atoms with Crippen molar-refractivity contribution in [1.29, 1.82) is 0 Å². The van der Waals surface area contributed by atoms with Crippen molar-refractivity contribution in [2.24, 2.45) is 0 Å². The predicted molar refractivity (Wildman–Crippen MR) is 64.9 cm³/mol. The van der Waals surface area contributed by atoms with Crippen molar-refractivity contribution in [3.05, 3.63) is 29.3 Å². The fraction of sp³-hybridized carbons (Fsp3) is 0.364.